The summed E-state index contributed by atoms with van der Waals surface area (Å²) < 4.78 is 18.0. The maximum Gasteiger partial charge on any atom is 0.248 e. The lowest BCUT2D eigenvalue weighted by atomic mass is 9.67. The van der Waals surface area contributed by atoms with Crippen LogP contribution in [-0.2, 0) is 14.9 Å². The fourth-order valence-corrected chi connectivity index (χ4v) is 7.39. The Morgan fingerprint density at radius 2 is 1.73 bits per heavy atom. The van der Waals surface area contributed by atoms with E-state index in [9.17, 15) is 15.0 Å². The van der Waals surface area contributed by atoms with E-state index >= 15 is 0 Å². The van der Waals surface area contributed by atoms with Crippen LogP contribution >= 0.6 is 0 Å². The number of anilines is 2. The molecule has 4 atom stereocenters. The van der Waals surface area contributed by atoms with Gasteiger partial charge in [0.15, 0.2) is 0 Å². The van der Waals surface area contributed by atoms with Crippen LogP contribution in [0.15, 0.2) is 54.6 Å². The van der Waals surface area contributed by atoms with E-state index in [0.29, 0.717) is 71.2 Å². The van der Waals surface area contributed by atoms with E-state index in [1.165, 1.54) is 0 Å². The zero-order valence-corrected chi connectivity index (χ0v) is 22.4. The van der Waals surface area contributed by atoms with Crippen molar-refractivity contribution < 1.29 is 23.8 Å². The minimum absolute atomic E-state index is 0.0664. The lowest BCUT2D eigenvalue weighted by Crippen LogP contribution is -2.64. The van der Waals surface area contributed by atoms with Crippen molar-refractivity contribution in [3.63, 3.8) is 0 Å². The molecule has 5 aliphatic rings. The van der Waals surface area contributed by atoms with Gasteiger partial charge in [0.2, 0.25) is 11.7 Å². The number of carbonyl (C=O) groups excluding carboxylic acids is 2. The maximum atomic E-state index is 13.6. The molecule has 3 fully saturated rings. The molecular weight excluding hydrogens is 520 g/mol. The predicted octanol–water partition coefficient (Wildman–Crippen LogP) is 4.01. The molecule has 3 aromatic rings. The number of morpholine rings is 1. The van der Waals surface area contributed by atoms with Crippen LogP contribution in [0.4, 0.5) is 11.4 Å². The summed E-state index contributed by atoms with van der Waals surface area (Å²) in [6, 6.07) is 17.6. The number of nitrogens with two attached hydrogens (primary N) is 1. The molecule has 0 saturated carbocycles. The van der Waals surface area contributed by atoms with E-state index in [2.05, 4.69) is 10.2 Å². The molecule has 9 nitrogen and oxygen atoms in total. The Balaban J connectivity index is 1.31. The number of Topliss-reactive ketones (excluding diaryl/α,β-unsaturated/α-hetero) is 1. The van der Waals surface area contributed by atoms with E-state index in [4.69, 9.17) is 19.9 Å². The number of carbonyl (C=O) groups is 2. The van der Waals surface area contributed by atoms with Crippen LogP contribution < -0.4 is 20.7 Å². The van der Waals surface area contributed by atoms with Crippen LogP contribution in [0.2, 0.25) is 0 Å². The first kappa shape index (κ1) is 24.6. The molecule has 0 radical (unpaired) electrons. The van der Waals surface area contributed by atoms with Crippen LogP contribution in [0.25, 0.3) is 0 Å². The van der Waals surface area contributed by atoms with Gasteiger partial charge in [-0.3, -0.25) is 15.0 Å². The minimum Gasteiger partial charge on any atom is -0.457 e. The third-order valence-electron chi connectivity index (χ3n) is 9.31. The third-order valence-corrected chi connectivity index (χ3v) is 9.31. The first-order valence-electron chi connectivity index (χ1n) is 14.2. The molecule has 9 heteroatoms. The zero-order valence-electron chi connectivity index (χ0n) is 22.4. The Bertz CT molecular complexity index is 1630. The first-order chi connectivity index (χ1) is 19.9. The van der Waals surface area contributed by atoms with Gasteiger partial charge >= 0.3 is 0 Å². The van der Waals surface area contributed by atoms with Gasteiger partial charge in [-0.2, -0.15) is 0 Å². The van der Waals surface area contributed by atoms with E-state index in [0.717, 1.165) is 37.2 Å². The Labute approximate surface area is 237 Å². The van der Waals surface area contributed by atoms with Gasteiger partial charge in [0.25, 0.3) is 0 Å². The summed E-state index contributed by atoms with van der Waals surface area (Å²) in [6.07, 6.45) is 3.12. The largest absolute Gasteiger partial charge is 0.457 e. The summed E-state index contributed by atoms with van der Waals surface area (Å²) in [5, 5.41) is 12.9. The average molecular weight is 551 g/mol. The fraction of sp³-hybridized carbons (Fsp3) is 0.344. The van der Waals surface area contributed by atoms with E-state index in [1.54, 1.807) is 18.2 Å². The molecule has 4 heterocycles. The number of rotatable bonds is 4. The number of fused-ring (bicyclic) bond motifs is 8. The molecule has 3 aromatic carbocycles. The Morgan fingerprint density at radius 1 is 0.951 bits per heavy atom. The summed E-state index contributed by atoms with van der Waals surface area (Å²) >= 11 is 0. The highest BCUT2D eigenvalue weighted by Gasteiger charge is 2.56. The van der Waals surface area contributed by atoms with Crippen molar-refractivity contribution >= 4 is 28.8 Å². The molecule has 0 aromatic heterocycles. The van der Waals surface area contributed by atoms with E-state index in [-0.39, 0.29) is 17.5 Å². The maximum absolute atomic E-state index is 13.6. The number of hydrogen-bond donors (Lipinski definition) is 3. The molecule has 2 bridgehead atoms. The molecule has 4 aliphatic heterocycles. The van der Waals surface area contributed by atoms with E-state index < -0.39 is 11.3 Å². The van der Waals surface area contributed by atoms with Gasteiger partial charge in [0.1, 0.15) is 11.5 Å². The molecule has 1 amide bonds. The Kier molecular flexibility index (Phi) is 5.33. The van der Waals surface area contributed by atoms with E-state index in [1.807, 2.05) is 36.4 Å². The molecule has 4 unspecified atom stereocenters. The van der Waals surface area contributed by atoms with Gasteiger partial charge in [-0.05, 0) is 55.2 Å². The van der Waals surface area contributed by atoms with Gasteiger partial charge < -0.3 is 30.2 Å². The highest BCUT2D eigenvalue weighted by molar-refractivity contribution is 6.53. The smallest absolute Gasteiger partial charge is 0.248 e. The molecule has 208 valence electrons. The second-order valence-electron chi connectivity index (χ2n) is 11.6. The molecule has 1 spiro atoms. The van der Waals surface area contributed by atoms with Gasteiger partial charge in [-0.25, -0.2) is 0 Å². The number of ketones is 1. The number of benzene rings is 3. The van der Waals surface area contributed by atoms with Gasteiger partial charge in [0.05, 0.1) is 43.0 Å². The van der Waals surface area contributed by atoms with Crippen molar-refractivity contribution in [2.24, 2.45) is 5.73 Å². The van der Waals surface area contributed by atoms with Crippen LogP contribution in [0.1, 0.15) is 56.7 Å². The van der Waals surface area contributed by atoms with Crippen LogP contribution in [0, 0.1) is 5.41 Å². The molecule has 3 saturated heterocycles. The second-order valence-corrected chi connectivity index (χ2v) is 11.6. The van der Waals surface area contributed by atoms with Gasteiger partial charge in [0, 0.05) is 58.4 Å². The lowest BCUT2D eigenvalue weighted by molar-refractivity contribution is 0.0103. The van der Waals surface area contributed by atoms with Crippen molar-refractivity contribution in [1.82, 2.24) is 0 Å². The number of hydrogen-bond acceptors (Lipinski definition) is 8. The summed E-state index contributed by atoms with van der Waals surface area (Å²) in [7, 11) is 0. The van der Waals surface area contributed by atoms with Crippen LogP contribution in [0.5, 0.6) is 11.5 Å². The van der Waals surface area contributed by atoms with Crippen molar-refractivity contribution in [3.8, 4) is 11.5 Å². The summed E-state index contributed by atoms with van der Waals surface area (Å²) in [5.74, 6) is 0.208. The van der Waals surface area contributed by atoms with Crippen molar-refractivity contribution in [1.29, 1.82) is 5.41 Å². The predicted molar refractivity (Wildman–Crippen MR) is 153 cm³/mol. The highest BCUT2D eigenvalue weighted by Crippen LogP contribution is 2.57. The van der Waals surface area contributed by atoms with Crippen molar-refractivity contribution in [2.45, 2.75) is 42.8 Å². The van der Waals surface area contributed by atoms with Crippen molar-refractivity contribution in [3.05, 3.63) is 82.4 Å². The molecule has 8 rings (SSSR count). The molecule has 41 heavy (non-hydrogen) atoms. The SMILES string of the molecule is N=C1C(=O)c2ccc(C(N)=O)cc2C12c1ccc(NC3CCCOC3)cc1Oc1cc(N3C4COCC3C4)ccc12. The number of primary amides is 1. The van der Waals surface area contributed by atoms with Gasteiger partial charge in [-0.15, -0.1) is 0 Å². The Morgan fingerprint density at radius 3 is 2.46 bits per heavy atom. The molecule has 4 N–H and O–H groups in total. The zero-order chi connectivity index (χ0) is 27.9. The normalized spacial score (nSPS) is 27.4. The fourth-order valence-electron chi connectivity index (χ4n) is 7.39. The standard InChI is InChI=1S/C32H30N4O5/c33-30-29(37)23-6-3-17(31(34)38)10-26(23)32(30)24-7-4-18(35-19-2-1-9-39-14-19)11-27(24)41-28-13-20(5-8-25(28)32)36-21-12-22(36)16-40-15-21/h3-8,10-11,13,19,21-22,33,35H,1-2,9,12,14-16H2,(H2,34,38). The number of amides is 1. The second kappa shape index (κ2) is 8.89. The first-order valence-corrected chi connectivity index (χ1v) is 14.2. The number of nitrogens with one attached hydrogen (secondary N) is 2. The van der Waals surface area contributed by atoms with Crippen LogP contribution in [-0.4, -0.2) is 62.0 Å². The Hall–Kier alpha value is -4.21. The minimum atomic E-state index is -1.24. The molecule has 1 aliphatic carbocycles. The quantitative estimate of drug-likeness (QED) is 0.448. The topological polar surface area (TPSA) is 127 Å². The number of ether oxygens (including phenoxy) is 3. The molecular formula is C32H30N4O5. The summed E-state index contributed by atoms with van der Waals surface area (Å²) in [5.41, 5.74) is 8.95. The monoisotopic (exact) mass is 550 g/mol. The van der Waals surface area contributed by atoms with Crippen LogP contribution in [0.3, 0.4) is 0 Å². The number of nitrogens with zero attached hydrogens (tertiary/aromatic N) is 1. The summed E-state index contributed by atoms with van der Waals surface area (Å²) in [6.45, 7) is 2.81. The third kappa shape index (κ3) is 3.45. The average Bonchev–Trinajstić information content (AvgIpc) is 3.20. The van der Waals surface area contributed by atoms with Crippen molar-refractivity contribution in [2.75, 3.05) is 36.6 Å². The highest BCUT2D eigenvalue weighted by atomic mass is 16.5. The summed E-state index contributed by atoms with van der Waals surface area (Å²) in [4.78, 5) is 28.2. The van der Waals surface area contributed by atoms with Gasteiger partial charge in [-0.1, -0.05) is 12.1 Å². The lowest BCUT2D eigenvalue weighted by Gasteiger charge is -2.54.